The van der Waals surface area contributed by atoms with Crippen molar-refractivity contribution in [3.05, 3.63) is 61.4 Å². The fourth-order valence-electron chi connectivity index (χ4n) is 0.340. The Bertz CT molecular complexity index is 764. The van der Waals surface area contributed by atoms with Crippen LogP contribution in [0.25, 0.3) is 0 Å². The SMILES string of the molecule is O=S(=O)(O)C(F)(F)F.O=S(=O)(O)C(F)(F)F.O=S(=O)(O)C(F)(F)F.[C-]1=CC=CC1.[CH3-].[CH3-].[CH3-].[CH3-].[CH3-].[Ti]. The van der Waals surface area contributed by atoms with Gasteiger partial charge < -0.3 is 37.1 Å². The van der Waals surface area contributed by atoms with Crippen LogP contribution in [0.3, 0.4) is 0 Å². The van der Waals surface area contributed by atoms with Gasteiger partial charge in [-0.3, -0.25) is 19.7 Å². The van der Waals surface area contributed by atoms with Crippen LogP contribution < -0.4 is 0 Å². The van der Waals surface area contributed by atoms with Gasteiger partial charge in [0.1, 0.15) is 0 Å². The van der Waals surface area contributed by atoms with Crippen LogP contribution in [-0.2, 0) is 52.1 Å². The maximum Gasteiger partial charge on any atom is 0.522 e. The average Bonchev–Trinajstić information content (AvgIpc) is 2.90. The summed E-state index contributed by atoms with van der Waals surface area (Å²) < 4.78 is 173. The third-order valence-electron chi connectivity index (χ3n) is 1.46. The largest absolute Gasteiger partial charge is 0.522 e. The van der Waals surface area contributed by atoms with E-state index in [2.05, 4.69) is 12.2 Å². The van der Waals surface area contributed by atoms with Gasteiger partial charge in [0.05, 0.1) is 0 Å². The second-order valence-electron chi connectivity index (χ2n) is 3.77. The number of halogens is 9. The van der Waals surface area contributed by atoms with Crippen LogP contribution in [0, 0.1) is 43.2 Å². The molecule has 0 amide bonds. The van der Waals surface area contributed by atoms with E-state index in [0.717, 1.165) is 6.42 Å². The van der Waals surface area contributed by atoms with E-state index in [-0.39, 0.29) is 58.9 Å². The average molecular weight is 638 g/mol. The number of allylic oxidation sites excluding steroid dienone is 4. The van der Waals surface area contributed by atoms with Crippen LogP contribution >= 0.6 is 0 Å². The van der Waals surface area contributed by atoms with E-state index in [9.17, 15) is 39.5 Å². The predicted octanol–water partition coefficient (Wildman–Crippen LogP) is 4.74. The van der Waals surface area contributed by atoms with Crippen molar-refractivity contribution in [2.75, 3.05) is 0 Å². The van der Waals surface area contributed by atoms with Crippen LogP contribution in [-0.4, -0.2) is 55.4 Å². The second-order valence-corrected chi connectivity index (χ2v) is 8.00. The topological polar surface area (TPSA) is 163 Å². The van der Waals surface area contributed by atoms with Gasteiger partial charge in [0.15, 0.2) is 0 Å². The Morgan fingerprint density at radius 3 is 0.771 bits per heavy atom. The maximum atomic E-state index is 10.7. The molecule has 0 aromatic heterocycles. The van der Waals surface area contributed by atoms with Gasteiger partial charge in [-0.2, -0.15) is 70.8 Å². The van der Waals surface area contributed by atoms with Crippen molar-refractivity contribution in [3.8, 4) is 0 Å². The van der Waals surface area contributed by atoms with E-state index < -0.39 is 46.9 Å². The Morgan fingerprint density at radius 2 is 0.743 bits per heavy atom. The summed E-state index contributed by atoms with van der Waals surface area (Å²) in [6, 6.07) is 0. The number of hydrogen-bond donors (Lipinski definition) is 3. The molecule has 0 unspecified atom stereocenters. The van der Waals surface area contributed by atoms with Crippen molar-refractivity contribution in [2.24, 2.45) is 0 Å². The van der Waals surface area contributed by atoms with E-state index in [0.29, 0.717) is 0 Å². The Kier molecular flexibility index (Phi) is 36.3. The first-order valence-corrected chi connectivity index (χ1v) is 9.90. The molecule has 1 aliphatic rings. The fraction of sp³-hybridized carbons (Fsp3) is 0.308. The van der Waals surface area contributed by atoms with Crippen LogP contribution in [0.15, 0.2) is 18.2 Å². The van der Waals surface area contributed by atoms with Crippen LogP contribution in [0.1, 0.15) is 6.42 Å². The molecule has 0 aromatic carbocycles. The molecule has 1 rings (SSSR count). The zero-order chi connectivity index (χ0) is 24.5. The molecule has 0 fully saturated rings. The summed E-state index contributed by atoms with van der Waals surface area (Å²) in [4.78, 5) is 0. The smallest absolute Gasteiger partial charge is 0.358 e. The molecule has 0 heterocycles. The van der Waals surface area contributed by atoms with Gasteiger partial charge in [0.2, 0.25) is 0 Å². The van der Waals surface area contributed by atoms with Crippen molar-refractivity contribution in [1.29, 1.82) is 0 Å². The van der Waals surface area contributed by atoms with Crippen LogP contribution in [0.2, 0.25) is 0 Å². The number of alkyl halides is 9. The monoisotopic (exact) mass is 638 g/mol. The Hall–Kier alpha value is -0.706. The minimum Gasteiger partial charge on any atom is -0.358 e. The molecule has 35 heavy (non-hydrogen) atoms. The molecule has 0 aromatic rings. The minimum atomic E-state index is -5.84. The van der Waals surface area contributed by atoms with Crippen LogP contribution in [0.5, 0.6) is 0 Å². The van der Waals surface area contributed by atoms with Gasteiger partial charge in [-0.15, -0.1) is 6.42 Å². The van der Waals surface area contributed by atoms with E-state index in [1.807, 2.05) is 12.2 Å². The zero-order valence-electron chi connectivity index (χ0n) is 18.4. The first-order valence-electron chi connectivity index (χ1n) is 5.58. The first kappa shape index (κ1) is 59.4. The fourth-order valence-corrected chi connectivity index (χ4v) is 0.340. The van der Waals surface area contributed by atoms with Gasteiger partial charge in [0.25, 0.3) is 0 Å². The van der Waals surface area contributed by atoms with Crippen molar-refractivity contribution in [3.63, 3.8) is 0 Å². The quantitative estimate of drug-likeness (QED) is 0.112. The van der Waals surface area contributed by atoms with Gasteiger partial charge >= 0.3 is 46.9 Å². The molecular weight excluding hydrogens is 615 g/mol. The molecule has 0 aliphatic heterocycles. The molecule has 0 saturated carbocycles. The van der Waals surface area contributed by atoms with E-state index >= 15 is 0 Å². The van der Waals surface area contributed by atoms with Gasteiger partial charge in [-0.05, 0) is 0 Å². The van der Waals surface area contributed by atoms with Crippen LogP contribution in [0.4, 0.5) is 39.5 Å². The molecule has 22 heteroatoms. The zero-order valence-corrected chi connectivity index (χ0v) is 22.4. The molecule has 9 nitrogen and oxygen atoms in total. The molecule has 3 N–H and O–H groups in total. The van der Waals surface area contributed by atoms with Gasteiger partial charge in [0, 0.05) is 21.7 Å². The Labute approximate surface area is 214 Å². The summed E-state index contributed by atoms with van der Waals surface area (Å²) in [5, 5.41) is 0. The third-order valence-corrected chi connectivity index (χ3v) is 3.22. The molecule has 0 spiro atoms. The number of rotatable bonds is 0. The van der Waals surface area contributed by atoms with Gasteiger partial charge in [-0.25, -0.2) is 12.2 Å². The van der Waals surface area contributed by atoms with Crippen molar-refractivity contribution < 1.29 is 100 Å². The van der Waals surface area contributed by atoms with Crippen molar-refractivity contribution in [2.45, 2.75) is 22.9 Å². The Morgan fingerprint density at radius 1 is 0.571 bits per heavy atom. The summed E-state index contributed by atoms with van der Waals surface area (Å²) in [5.41, 5.74) is -16.6. The van der Waals surface area contributed by atoms with E-state index in [4.69, 9.17) is 38.9 Å². The first-order chi connectivity index (χ1) is 12.2. The van der Waals surface area contributed by atoms with E-state index in [1.54, 1.807) is 0 Å². The summed E-state index contributed by atoms with van der Waals surface area (Å²) in [7, 11) is -17.5. The number of hydrogen-bond acceptors (Lipinski definition) is 6. The standard InChI is InChI=1S/C5H5.3CHF3O3S.5CH3.Ti/c1-2-4-5-3-1;3*2-1(3,4)8(5,6)7;;;;;;/h1-3H,4H2;3*(H,5,6,7);5*1H3;/q-1;;;;5*-1;. The third kappa shape index (κ3) is 33.3. The molecule has 220 valence electrons. The molecule has 0 saturated heterocycles. The summed E-state index contributed by atoms with van der Waals surface area (Å²) in [6.45, 7) is 0. The normalized spacial score (nSPS) is 12.1. The maximum absolute atomic E-state index is 10.7. The van der Waals surface area contributed by atoms with E-state index in [1.165, 1.54) is 0 Å². The van der Waals surface area contributed by atoms with Gasteiger partial charge in [-0.1, -0.05) is 0 Å². The van der Waals surface area contributed by atoms with Crippen molar-refractivity contribution >= 4 is 30.4 Å². The molecule has 0 atom stereocenters. The minimum absolute atomic E-state index is 0. The Balaban J connectivity index is -0.0000000351. The summed E-state index contributed by atoms with van der Waals surface area (Å²) >= 11 is 0. The predicted molar refractivity (Wildman–Crippen MR) is 106 cm³/mol. The summed E-state index contributed by atoms with van der Waals surface area (Å²) in [6.07, 6.45) is 10.0. The molecular formula is C13H23F9O9S3Ti-6. The van der Waals surface area contributed by atoms with Crippen molar-refractivity contribution in [1.82, 2.24) is 0 Å². The molecule has 0 bridgehead atoms. The summed E-state index contributed by atoms with van der Waals surface area (Å²) in [5.74, 6) is 0. The molecule has 1 aliphatic carbocycles. The second kappa shape index (κ2) is 21.4. The molecule has 0 radical (unpaired) electrons.